The van der Waals surface area contributed by atoms with Gasteiger partial charge in [0.1, 0.15) is 11.6 Å². The lowest BCUT2D eigenvalue weighted by Crippen LogP contribution is -2.40. The molecule has 0 bridgehead atoms. The van der Waals surface area contributed by atoms with Crippen molar-refractivity contribution in [3.8, 4) is 0 Å². The largest absolute Gasteiger partial charge is 0.357 e. The van der Waals surface area contributed by atoms with Crippen LogP contribution >= 0.6 is 0 Å². The van der Waals surface area contributed by atoms with E-state index in [1.807, 2.05) is 14.0 Å². The second-order valence-corrected chi connectivity index (χ2v) is 4.75. The molecule has 21 heavy (non-hydrogen) atoms. The van der Waals surface area contributed by atoms with Gasteiger partial charge in [-0.25, -0.2) is 13.8 Å². The van der Waals surface area contributed by atoms with Gasteiger partial charge in [-0.2, -0.15) is 0 Å². The second-order valence-electron chi connectivity index (χ2n) is 4.75. The highest BCUT2D eigenvalue weighted by Crippen LogP contribution is 2.10. The molecule has 1 aromatic rings. The van der Waals surface area contributed by atoms with Crippen LogP contribution < -0.4 is 10.6 Å². The highest BCUT2D eigenvalue weighted by atomic mass is 19.1. The average molecular weight is 298 g/mol. The van der Waals surface area contributed by atoms with E-state index in [4.69, 9.17) is 0 Å². The number of hydrogen-bond donors (Lipinski definition) is 2. The molecule has 0 aromatic heterocycles. The third-order valence-corrected chi connectivity index (χ3v) is 3.09. The maximum atomic E-state index is 13.5. The Morgan fingerprint density at radius 3 is 2.67 bits per heavy atom. The molecule has 0 amide bonds. The summed E-state index contributed by atoms with van der Waals surface area (Å²) in [6.07, 6.45) is 0. The van der Waals surface area contributed by atoms with Gasteiger partial charge >= 0.3 is 0 Å². The third-order valence-electron chi connectivity index (χ3n) is 3.09. The number of rotatable bonds is 7. The Hall–Kier alpha value is -1.69. The average Bonchev–Trinajstić information content (AvgIpc) is 2.47. The zero-order valence-electron chi connectivity index (χ0n) is 12.9. The SMILES string of the molecule is CCNC(=NCc1cc(F)ccc1F)NCCN(C)CC. The summed E-state index contributed by atoms with van der Waals surface area (Å²) in [7, 11) is 2.04. The molecule has 0 saturated carbocycles. The first-order chi connectivity index (χ1) is 10.1. The van der Waals surface area contributed by atoms with Crippen molar-refractivity contribution in [1.82, 2.24) is 15.5 Å². The van der Waals surface area contributed by atoms with Crippen LogP contribution in [0.3, 0.4) is 0 Å². The lowest BCUT2D eigenvalue weighted by molar-refractivity contribution is 0.357. The third kappa shape index (κ3) is 6.53. The number of nitrogens with zero attached hydrogens (tertiary/aromatic N) is 2. The van der Waals surface area contributed by atoms with Crippen molar-refractivity contribution in [3.05, 3.63) is 35.4 Å². The Morgan fingerprint density at radius 2 is 2.00 bits per heavy atom. The Morgan fingerprint density at radius 1 is 1.24 bits per heavy atom. The molecule has 0 aliphatic rings. The van der Waals surface area contributed by atoms with Gasteiger partial charge in [0.2, 0.25) is 0 Å². The Bertz CT molecular complexity index is 463. The van der Waals surface area contributed by atoms with Crippen LogP contribution in [-0.2, 0) is 6.54 Å². The number of aliphatic imine (C=N–C) groups is 1. The number of likely N-dealkylation sites (N-methyl/N-ethyl adjacent to an activating group) is 1. The molecule has 4 nitrogen and oxygen atoms in total. The minimum absolute atomic E-state index is 0.0997. The van der Waals surface area contributed by atoms with Crippen LogP contribution in [0.5, 0.6) is 0 Å². The molecule has 6 heteroatoms. The molecule has 1 aromatic carbocycles. The highest BCUT2D eigenvalue weighted by Gasteiger charge is 2.04. The Labute approximate surface area is 125 Å². The fraction of sp³-hybridized carbons (Fsp3) is 0.533. The van der Waals surface area contributed by atoms with Crippen LogP contribution in [0.1, 0.15) is 19.4 Å². The molecular formula is C15H24F2N4. The molecular weight excluding hydrogens is 274 g/mol. The van der Waals surface area contributed by atoms with Gasteiger partial charge in [-0.3, -0.25) is 0 Å². The van der Waals surface area contributed by atoms with Crippen molar-refractivity contribution in [2.75, 3.05) is 33.2 Å². The molecule has 0 radical (unpaired) electrons. The smallest absolute Gasteiger partial charge is 0.191 e. The minimum Gasteiger partial charge on any atom is -0.357 e. The van der Waals surface area contributed by atoms with E-state index in [1.165, 1.54) is 6.07 Å². The molecule has 0 fully saturated rings. The molecule has 0 saturated heterocycles. The van der Waals surface area contributed by atoms with Crippen molar-refractivity contribution in [2.24, 2.45) is 4.99 Å². The van der Waals surface area contributed by atoms with Gasteiger partial charge in [-0.15, -0.1) is 0 Å². The standard InChI is InChI=1S/C15H24F2N4/c1-4-18-15(19-8-9-21(3)5-2)20-11-12-10-13(16)6-7-14(12)17/h6-7,10H,4-5,8-9,11H2,1-3H3,(H2,18,19,20). The first kappa shape index (κ1) is 17.4. The van der Waals surface area contributed by atoms with E-state index in [2.05, 4.69) is 27.4 Å². The van der Waals surface area contributed by atoms with Gasteiger partial charge < -0.3 is 15.5 Å². The monoisotopic (exact) mass is 298 g/mol. The predicted molar refractivity (Wildman–Crippen MR) is 82.3 cm³/mol. The van der Waals surface area contributed by atoms with E-state index in [1.54, 1.807) is 0 Å². The van der Waals surface area contributed by atoms with E-state index in [0.717, 1.165) is 31.8 Å². The number of benzene rings is 1. The van der Waals surface area contributed by atoms with E-state index < -0.39 is 11.6 Å². The summed E-state index contributed by atoms with van der Waals surface area (Å²) in [5.74, 6) is -0.295. The number of nitrogens with one attached hydrogen (secondary N) is 2. The minimum atomic E-state index is -0.455. The van der Waals surface area contributed by atoms with Crippen LogP contribution in [0.4, 0.5) is 8.78 Å². The number of hydrogen-bond acceptors (Lipinski definition) is 2. The molecule has 0 atom stereocenters. The Balaban J connectivity index is 2.60. The lowest BCUT2D eigenvalue weighted by atomic mass is 10.2. The van der Waals surface area contributed by atoms with Crippen molar-refractivity contribution in [1.29, 1.82) is 0 Å². The topological polar surface area (TPSA) is 39.7 Å². The van der Waals surface area contributed by atoms with Gasteiger partial charge in [-0.05, 0) is 38.7 Å². The fourth-order valence-electron chi connectivity index (χ4n) is 1.69. The van der Waals surface area contributed by atoms with Crippen LogP contribution in [0.2, 0.25) is 0 Å². The zero-order valence-corrected chi connectivity index (χ0v) is 12.9. The molecule has 0 spiro atoms. The summed E-state index contributed by atoms with van der Waals surface area (Å²) in [5.41, 5.74) is 0.248. The van der Waals surface area contributed by atoms with Crippen molar-refractivity contribution in [2.45, 2.75) is 20.4 Å². The summed E-state index contributed by atoms with van der Waals surface area (Å²) in [4.78, 5) is 6.45. The van der Waals surface area contributed by atoms with E-state index in [9.17, 15) is 8.78 Å². The van der Waals surface area contributed by atoms with Crippen LogP contribution in [-0.4, -0.2) is 44.1 Å². The molecule has 2 N–H and O–H groups in total. The Kier molecular flexibility index (Phi) is 7.68. The molecule has 0 unspecified atom stereocenters. The van der Waals surface area contributed by atoms with Crippen LogP contribution in [0, 0.1) is 11.6 Å². The van der Waals surface area contributed by atoms with E-state index in [-0.39, 0.29) is 12.1 Å². The van der Waals surface area contributed by atoms with Crippen LogP contribution in [0.25, 0.3) is 0 Å². The highest BCUT2D eigenvalue weighted by molar-refractivity contribution is 5.79. The maximum Gasteiger partial charge on any atom is 0.191 e. The molecule has 0 aliphatic carbocycles. The van der Waals surface area contributed by atoms with Gasteiger partial charge in [0, 0.05) is 25.2 Å². The predicted octanol–water partition coefficient (Wildman–Crippen LogP) is 1.97. The van der Waals surface area contributed by atoms with E-state index >= 15 is 0 Å². The summed E-state index contributed by atoms with van der Waals surface area (Å²) in [6, 6.07) is 3.40. The lowest BCUT2D eigenvalue weighted by Gasteiger charge is -2.16. The van der Waals surface area contributed by atoms with Gasteiger partial charge in [0.05, 0.1) is 6.54 Å². The first-order valence-electron chi connectivity index (χ1n) is 7.21. The second kappa shape index (κ2) is 9.28. The van der Waals surface area contributed by atoms with Gasteiger partial charge in [-0.1, -0.05) is 6.92 Å². The number of halogens is 2. The normalized spacial score (nSPS) is 11.8. The summed E-state index contributed by atoms with van der Waals surface area (Å²) in [6.45, 7) is 7.45. The van der Waals surface area contributed by atoms with Crippen molar-refractivity contribution < 1.29 is 8.78 Å². The molecule has 0 aliphatic heterocycles. The summed E-state index contributed by atoms with van der Waals surface area (Å²) in [5, 5.41) is 6.25. The first-order valence-corrected chi connectivity index (χ1v) is 7.21. The fourth-order valence-corrected chi connectivity index (χ4v) is 1.69. The van der Waals surface area contributed by atoms with Gasteiger partial charge in [0.25, 0.3) is 0 Å². The van der Waals surface area contributed by atoms with Crippen LogP contribution in [0.15, 0.2) is 23.2 Å². The molecule has 0 heterocycles. The molecule has 1 rings (SSSR count). The summed E-state index contributed by atoms with van der Waals surface area (Å²) < 4.78 is 26.6. The van der Waals surface area contributed by atoms with E-state index in [0.29, 0.717) is 12.5 Å². The van der Waals surface area contributed by atoms with Crippen molar-refractivity contribution in [3.63, 3.8) is 0 Å². The summed E-state index contributed by atoms with van der Waals surface area (Å²) >= 11 is 0. The molecule has 118 valence electrons. The van der Waals surface area contributed by atoms with Crippen molar-refractivity contribution >= 4 is 5.96 Å². The van der Waals surface area contributed by atoms with Gasteiger partial charge in [0.15, 0.2) is 5.96 Å². The number of guanidine groups is 1. The quantitative estimate of drug-likeness (QED) is 0.597. The zero-order chi connectivity index (χ0) is 15.7. The maximum absolute atomic E-state index is 13.5.